The van der Waals surface area contributed by atoms with Crippen molar-refractivity contribution in [2.24, 2.45) is 0 Å². The van der Waals surface area contributed by atoms with Crippen molar-refractivity contribution in [1.82, 2.24) is 4.98 Å². The van der Waals surface area contributed by atoms with E-state index in [1.165, 1.54) is 0 Å². The molecule has 0 bridgehead atoms. The summed E-state index contributed by atoms with van der Waals surface area (Å²) < 4.78 is 0. The summed E-state index contributed by atoms with van der Waals surface area (Å²) in [6.45, 7) is 15.3. The SMILES string of the molecule is C=Cc1cccnc1C=C.CC.CC. The van der Waals surface area contributed by atoms with E-state index >= 15 is 0 Å². The van der Waals surface area contributed by atoms with Gasteiger partial charge < -0.3 is 0 Å². The minimum absolute atomic E-state index is 0.887. The van der Waals surface area contributed by atoms with Crippen LogP contribution in [0.3, 0.4) is 0 Å². The summed E-state index contributed by atoms with van der Waals surface area (Å²) in [5.74, 6) is 0. The van der Waals surface area contributed by atoms with Crippen molar-refractivity contribution in [3.8, 4) is 0 Å². The predicted molar refractivity (Wildman–Crippen MR) is 67.1 cm³/mol. The molecule has 1 nitrogen and oxygen atoms in total. The van der Waals surface area contributed by atoms with E-state index in [9.17, 15) is 0 Å². The summed E-state index contributed by atoms with van der Waals surface area (Å²) >= 11 is 0. The smallest absolute Gasteiger partial charge is 0.0695 e. The molecule has 1 heteroatoms. The van der Waals surface area contributed by atoms with Crippen LogP contribution in [0.2, 0.25) is 0 Å². The molecule has 0 aliphatic rings. The largest absolute Gasteiger partial charge is 0.256 e. The lowest BCUT2D eigenvalue weighted by Gasteiger charge is -1.95. The van der Waals surface area contributed by atoms with E-state index in [4.69, 9.17) is 0 Å². The average Bonchev–Trinajstić information content (AvgIpc) is 2.34. The van der Waals surface area contributed by atoms with E-state index < -0.39 is 0 Å². The third-order valence-corrected chi connectivity index (χ3v) is 1.28. The van der Waals surface area contributed by atoms with Crippen molar-refractivity contribution >= 4 is 12.2 Å². The monoisotopic (exact) mass is 191 g/mol. The second-order valence-corrected chi connectivity index (χ2v) is 1.89. The minimum Gasteiger partial charge on any atom is -0.256 e. The van der Waals surface area contributed by atoms with Crippen LogP contribution in [-0.2, 0) is 0 Å². The highest BCUT2D eigenvalue weighted by Crippen LogP contribution is 2.06. The van der Waals surface area contributed by atoms with Gasteiger partial charge in [0.15, 0.2) is 0 Å². The van der Waals surface area contributed by atoms with Gasteiger partial charge in [0.1, 0.15) is 0 Å². The van der Waals surface area contributed by atoms with Crippen molar-refractivity contribution in [1.29, 1.82) is 0 Å². The van der Waals surface area contributed by atoms with E-state index in [1.807, 2.05) is 39.8 Å². The lowest BCUT2D eigenvalue weighted by Crippen LogP contribution is -1.82. The fraction of sp³-hybridized carbons (Fsp3) is 0.308. The normalized spacial score (nSPS) is 7.14. The maximum atomic E-state index is 4.08. The highest BCUT2D eigenvalue weighted by atomic mass is 14.7. The number of nitrogens with zero attached hydrogens (tertiary/aromatic N) is 1. The van der Waals surface area contributed by atoms with Crippen LogP contribution >= 0.6 is 0 Å². The molecule has 0 atom stereocenters. The molecule has 78 valence electrons. The average molecular weight is 191 g/mol. The highest BCUT2D eigenvalue weighted by molar-refractivity contribution is 5.59. The van der Waals surface area contributed by atoms with E-state index in [1.54, 1.807) is 18.3 Å². The molecule has 1 heterocycles. The summed E-state index contributed by atoms with van der Waals surface area (Å²) in [7, 11) is 0. The molecular weight excluding hydrogens is 170 g/mol. The Balaban J connectivity index is 0. The fourth-order valence-electron chi connectivity index (χ4n) is 0.773. The number of hydrogen-bond donors (Lipinski definition) is 0. The highest BCUT2D eigenvalue weighted by Gasteiger charge is 1.91. The first-order valence-electron chi connectivity index (χ1n) is 5.08. The van der Waals surface area contributed by atoms with Crippen molar-refractivity contribution < 1.29 is 0 Å². The van der Waals surface area contributed by atoms with Crippen molar-refractivity contribution in [3.05, 3.63) is 42.7 Å². The van der Waals surface area contributed by atoms with Crippen LogP contribution in [-0.4, -0.2) is 4.98 Å². The Hall–Kier alpha value is -1.37. The van der Waals surface area contributed by atoms with Gasteiger partial charge in [0.2, 0.25) is 0 Å². The van der Waals surface area contributed by atoms with Gasteiger partial charge in [-0.2, -0.15) is 0 Å². The zero-order valence-electron chi connectivity index (χ0n) is 9.75. The molecule has 1 rings (SSSR count). The van der Waals surface area contributed by atoms with E-state index in [0.29, 0.717) is 0 Å². The third-order valence-electron chi connectivity index (χ3n) is 1.28. The Morgan fingerprint density at radius 2 is 1.64 bits per heavy atom. The Bertz CT molecular complexity index is 224. The van der Waals surface area contributed by atoms with Gasteiger partial charge in [0.25, 0.3) is 0 Å². The molecule has 0 saturated heterocycles. The zero-order chi connectivity index (χ0) is 11.4. The van der Waals surface area contributed by atoms with Gasteiger partial charge >= 0.3 is 0 Å². The van der Waals surface area contributed by atoms with Crippen LogP contribution in [0.25, 0.3) is 12.2 Å². The molecule has 1 aromatic heterocycles. The second kappa shape index (κ2) is 11.6. The first-order chi connectivity index (χ1) is 6.88. The van der Waals surface area contributed by atoms with Crippen LogP contribution in [0.15, 0.2) is 31.5 Å². The lowest BCUT2D eigenvalue weighted by atomic mass is 10.2. The fourth-order valence-corrected chi connectivity index (χ4v) is 0.773. The topological polar surface area (TPSA) is 12.9 Å². The number of pyridine rings is 1. The molecule has 0 aliphatic carbocycles. The molecule has 0 unspecified atom stereocenters. The van der Waals surface area contributed by atoms with Gasteiger partial charge in [0, 0.05) is 6.20 Å². The molecule has 14 heavy (non-hydrogen) atoms. The summed E-state index contributed by atoms with van der Waals surface area (Å²) in [5.41, 5.74) is 1.91. The molecule has 1 aromatic rings. The predicted octanol–water partition coefficient (Wildman–Crippen LogP) is 4.42. The molecular formula is C13H21N. The standard InChI is InChI=1S/C9H9N.2C2H6/c1-3-8-6-5-7-10-9(8)4-2;2*1-2/h3-7H,1-2H2;2*1-2H3. The minimum atomic E-state index is 0.887. The van der Waals surface area contributed by atoms with Gasteiger partial charge in [-0.3, -0.25) is 4.98 Å². The number of hydrogen-bond acceptors (Lipinski definition) is 1. The Morgan fingerprint density at radius 1 is 1.07 bits per heavy atom. The first kappa shape index (κ1) is 15.1. The van der Waals surface area contributed by atoms with Gasteiger partial charge in [-0.15, -0.1) is 0 Å². The third kappa shape index (κ3) is 5.31. The summed E-state index contributed by atoms with van der Waals surface area (Å²) in [6, 6.07) is 3.83. The summed E-state index contributed by atoms with van der Waals surface area (Å²) in [4.78, 5) is 4.08. The molecule has 0 fully saturated rings. The molecule has 0 N–H and O–H groups in total. The van der Waals surface area contributed by atoms with Crippen LogP contribution < -0.4 is 0 Å². The van der Waals surface area contributed by atoms with Crippen molar-refractivity contribution in [2.75, 3.05) is 0 Å². The molecule has 0 aromatic carbocycles. The summed E-state index contributed by atoms with van der Waals surface area (Å²) in [6.07, 6.45) is 5.23. The van der Waals surface area contributed by atoms with Gasteiger partial charge in [-0.25, -0.2) is 0 Å². The van der Waals surface area contributed by atoms with Crippen LogP contribution in [0.4, 0.5) is 0 Å². The quantitative estimate of drug-likeness (QED) is 0.674. The van der Waals surface area contributed by atoms with Crippen LogP contribution in [0, 0.1) is 0 Å². The van der Waals surface area contributed by atoms with Gasteiger partial charge in [-0.1, -0.05) is 53.0 Å². The maximum absolute atomic E-state index is 4.08. The van der Waals surface area contributed by atoms with Gasteiger partial charge in [-0.05, 0) is 17.7 Å². The molecule has 0 saturated carbocycles. The Labute approximate surface area is 88.2 Å². The van der Waals surface area contributed by atoms with Crippen LogP contribution in [0.5, 0.6) is 0 Å². The Kier molecular flexibility index (Phi) is 12.6. The summed E-state index contributed by atoms with van der Waals surface area (Å²) in [5, 5.41) is 0. The zero-order valence-corrected chi connectivity index (χ0v) is 9.75. The van der Waals surface area contributed by atoms with Crippen molar-refractivity contribution in [3.63, 3.8) is 0 Å². The first-order valence-corrected chi connectivity index (χ1v) is 5.08. The molecule has 0 spiro atoms. The van der Waals surface area contributed by atoms with E-state index in [2.05, 4.69) is 18.1 Å². The number of rotatable bonds is 2. The van der Waals surface area contributed by atoms with Crippen LogP contribution in [0.1, 0.15) is 39.0 Å². The van der Waals surface area contributed by atoms with E-state index in [-0.39, 0.29) is 0 Å². The second-order valence-electron chi connectivity index (χ2n) is 1.89. The van der Waals surface area contributed by atoms with Gasteiger partial charge in [0.05, 0.1) is 5.69 Å². The lowest BCUT2D eigenvalue weighted by molar-refractivity contribution is 1.28. The Morgan fingerprint density at radius 3 is 2.00 bits per heavy atom. The molecule has 0 aliphatic heterocycles. The molecule has 0 radical (unpaired) electrons. The maximum Gasteiger partial charge on any atom is 0.0695 e. The molecule has 0 amide bonds. The van der Waals surface area contributed by atoms with Crippen molar-refractivity contribution in [2.45, 2.75) is 27.7 Å². The number of aromatic nitrogens is 1. The van der Waals surface area contributed by atoms with E-state index in [0.717, 1.165) is 11.3 Å².